The van der Waals surface area contributed by atoms with Gasteiger partial charge in [-0.05, 0) is 33.3 Å². The van der Waals surface area contributed by atoms with E-state index in [4.69, 9.17) is 5.11 Å². The lowest BCUT2D eigenvalue weighted by atomic mass is 10.1. The van der Waals surface area contributed by atoms with Crippen molar-refractivity contribution in [2.45, 2.75) is 33.2 Å². The largest absolute Gasteiger partial charge is 0.396 e. The molecule has 1 aliphatic rings. The molecular weight excluding hydrogens is 280 g/mol. The molecule has 0 saturated carbocycles. The lowest BCUT2D eigenvalue weighted by Gasteiger charge is -2.12. The molecule has 2 aromatic rings. The molecule has 116 valence electrons. The van der Waals surface area contributed by atoms with Crippen LogP contribution in [-0.2, 0) is 0 Å². The van der Waals surface area contributed by atoms with Crippen LogP contribution in [0.4, 0.5) is 0 Å². The van der Waals surface area contributed by atoms with E-state index >= 15 is 0 Å². The second-order valence-electron chi connectivity index (χ2n) is 5.88. The molecular formula is C16H20N4O2. The topological polar surface area (TPSA) is 79.5 Å². The summed E-state index contributed by atoms with van der Waals surface area (Å²) in [7, 11) is 0. The minimum absolute atomic E-state index is 0.0510. The molecule has 3 rings (SSSR count). The van der Waals surface area contributed by atoms with E-state index in [1.807, 2.05) is 39.0 Å². The van der Waals surface area contributed by atoms with Crippen LogP contribution in [0.15, 0.2) is 18.2 Å². The first-order valence-electron chi connectivity index (χ1n) is 7.43. The number of fused-ring (bicyclic) bond motifs is 1. The monoisotopic (exact) mass is 300 g/mol. The van der Waals surface area contributed by atoms with Crippen molar-refractivity contribution in [1.29, 1.82) is 0 Å². The summed E-state index contributed by atoms with van der Waals surface area (Å²) >= 11 is 0. The third-order valence-electron chi connectivity index (χ3n) is 4.02. The van der Waals surface area contributed by atoms with Crippen molar-refractivity contribution in [1.82, 2.24) is 19.9 Å². The van der Waals surface area contributed by atoms with Gasteiger partial charge in [-0.1, -0.05) is 12.2 Å². The fourth-order valence-electron chi connectivity index (χ4n) is 2.95. The number of nitrogens with zero attached hydrogens (tertiary/aromatic N) is 3. The number of aliphatic hydroxyl groups excluding tert-OH is 1. The Kier molecular flexibility index (Phi) is 3.70. The van der Waals surface area contributed by atoms with E-state index in [0.29, 0.717) is 16.9 Å². The molecule has 0 aliphatic heterocycles. The van der Waals surface area contributed by atoms with Crippen molar-refractivity contribution in [3.05, 3.63) is 40.9 Å². The van der Waals surface area contributed by atoms with Gasteiger partial charge in [0.1, 0.15) is 5.56 Å². The minimum Gasteiger partial charge on any atom is -0.396 e. The van der Waals surface area contributed by atoms with E-state index in [1.165, 1.54) is 0 Å². The molecule has 2 aromatic heterocycles. The summed E-state index contributed by atoms with van der Waals surface area (Å²) in [4.78, 5) is 17.1. The van der Waals surface area contributed by atoms with Gasteiger partial charge in [-0.25, -0.2) is 9.50 Å². The lowest BCUT2D eigenvalue weighted by molar-refractivity contribution is 0.0942. The number of nitrogens with one attached hydrogen (secondary N) is 1. The molecule has 6 heteroatoms. The number of hydrogen-bond donors (Lipinski definition) is 2. The molecule has 0 bridgehead atoms. The van der Waals surface area contributed by atoms with Crippen molar-refractivity contribution in [2.24, 2.45) is 5.92 Å². The first-order valence-corrected chi connectivity index (χ1v) is 7.43. The Bertz CT molecular complexity index is 763. The molecule has 2 N–H and O–H groups in total. The van der Waals surface area contributed by atoms with Crippen LogP contribution < -0.4 is 5.32 Å². The predicted molar refractivity (Wildman–Crippen MR) is 82.8 cm³/mol. The fourth-order valence-corrected chi connectivity index (χ4v) is 2.95. The number of amides is 1. The standard InChI is InChI=1S/C16H20N4O2/c1-9-6-10(2)20-15(17-9)14(11(3)19-20)16(22)18-13-5-4-12(7-13)8-21/h4-6,12-13,21H,7-8H2,1-3H3,(H,18,22)/t12-,13+/m0/s1. The SMILES string of the molecule is Cc1cc(C)n2nc(C)c(C(=O)N[C@@H]3C=C[C@H](CO)C3)c2n1. The summed E-state index contributed by atoms with van der Waals surface area (Å²) in [6.45, 7) is 5.78. The summed E-state index contributed by atoms with van der Waals surface area (Å²) in [6.07, 6.45) is 4.61. The zero-order chi connectivity index (χ0) is 15.9. The lowest BCUT2D eigenvalue weighted by Crippen LogP contribution is -2.33. The second kappa shape index (κ2) is 5.53. The smallest absolute Gasteiger partial charge is 0.257 e. The molecule has 6 nitrogen and oxygen atoms in total. The van der Waals surface area contributed by atoms with E-state index in [0.717, 1.165) is 17.8 Å². The van der Waals surface area contributed by atoms with Crippen LogP contribution in [0.5, 0.6) is 0 Å². The van der Waals surface area contributed by atoms with Gasteiger partial charge >= 0.3 is 0 Å². The van der Waals surface area contributed by atoms with Crippen molar-refractivity contribution in [3.8, 4) is 0 Å². The molecule has 1 amide bonds. The zero-order valence-corrected chi connectivity index (χ0v) is 13.0. The molecule has 0 saturated heterocycles. The molecule has 22 heavy (non-hydrogen) atoms. The Hall–Kier alpha value is -2.21. The van der Waals surface area contributed by atoms with Gasteiger partial charge < -0.3 is 10.4 Å². The number of carbonyl (C=O) groups is 1. The Morgan fingerprint density at radius 1 is 1.41 bits per heavy atom. The maximum absolute atomic E-state index is 12.6. The summed E-state index contributed by atoms with van der Waals surface area (Å²) in [5.74, 6) is -0.0452. The van der Waals surface area contributed by atoms with E-state index in [1.54, 1.807) is 4.52 Å². The molecule has 0 radical (unpaired) electrons. The highest BCUT2D eigenvalue weighted by molar-refractivity contribution is 6.01. The van der Waals surface area contributed by atoms with Crippen LogP contribution in [0.3, 0.4) is 0 Å². The summed E-state index contributed by atoms with van der Waals surface area (Å²) < 4.78 is 1.71. The Morgan fingerprint density at radius 3 is 2.86 bits per heavy atom. The normalized spacial score (nSPS) is 20.7. The third-order valence-corrected chi connectivity index (χ3v) is 4.02. The van der Waals surface area contributed by atoms with Crippen LogP contribution >= 0.6 is 0 Å². The highest BCUT2D eigenvalue weighted by atomic mass is 16.3. The molecule has 0 spiro atoms. The third kappa shape index (κ3) is 2.50. The van der Waals surface area contributed by atoms with Gasteiger partial charge in [0, 0.05) is 30.0 Å². The zero-order valence-electron chi connectivity index (χ0n) is 13.0. The van der Waals surface area contributed by atoms with Gasteiger partial charge in [0.2, 0.25) is 0 Å². The summed E-state index contributed by atoms with van der Waals surface area (Å²) in [5, 5.41) is 16.6. The molecule has 0 fully saturated rings. The van der Waals surface area contributed by atoms with Crippen molar-refractivity contribution >= 4 is 11.6 Å². The highest BCUT2D eigenvalue weighted by Crippen LogP contribution is 2.20. The van der Waals surface area contributed by atoms with Crippen LogP contribution in [0, 0.1) is 26.7 Å². The van der Waals surface area contributed by atoms with E-state index in [-0.39, 0.29) is 24.5 Å². The second-order valence-corrected chi connectivity index (χ2v) is 5.88. The highest BCUT2D eigenvalue weighted by Gasteiger charge is 2.24. The first-order chi connectivity index (χ1) is 10.5. The molecule has 1 aliphatic carbocycles. The molecule has 0 unspecified atom stereocenters. The molecule has 2 heterocycles. The summed E-state index contributed by atoms with van der Waals surface area (Å²) in [5.41, 5.74) is 3.59. The van der Waals surface area contributed by atoms with Gasteiger partial charge in [-0.15, -0.1) is 0 Å². The van der Waals surface area contributed by atoms with E-state index < -0.39 is 0 Å². The number of carbonyl (C=O) groups excluding carboxylic acids is 1. The number of aliphatic hydroxyl groups is 1. The van der Waals surface area contributed by atoms with Crippen molar-refractivity contribution in [2.75, 3.05) is 6.61 Å². The molecule has 0 aromatic carbocycles. The van der Waals surface area contributed by atoms with Crippen molar-refractivity contribution in [3.63, 3.8) is 0 Å². The Morgan fingerprint density at radius 2 is 2.18 bits per heavy atom. The Labute approximate surface area is 128 Å². The van der Waals surface area contributed by atoms with Gasteiger partial charge in [0.05, 0.1) is 5.69 Å². The molecule has 2 atom stereocenters. The average Bonchev–Trinajstić information content (AvgIpc) is 3.02. The van der Waals surface area contributed by atoms with Crippen LogP contribution in [0.2, 0.25) is 0 Å². The predicted octanol–water partition coefficient (Wildman–Crippen LogP) is 1.32. The summed E-state index contributed by atoms with van der Waals surface area (Å²) in [6, 6.07) is 1.89. The number of hydrogen-bond acceptors (Lipinski definition) is 4. The Balaban J connectivity index is 1.91. The number of aryl methyl sites for hydroxylation is 3. The first kappa shape index (κ1) is 14.7. The quantitative estimate of drug-likeness (QED) is 0.838. The fraction of sp³-hybridized carbons (Fsp3) is 0.438. The van der Waals surface area contributed by atoms with Crippen LogP contribution in [0.25, 0.3) is 5.65 Å². The van der Waals surface area contributed by atoms with Gasteiger partial charge in [0.25, 0.3) is 5.91 Å². The average molecular weight is 300 g/mol. The van der Waals surface area contributed by atoms with E-state index in [9.17, 15) is 4.79 Å². The number of rotatable bonds is 3. The van der Waals surface area contributed by atoms with Gasteiger partial charge in [-0.2, -0.15) is 5.10 Å². The maximum atomic E-state index is 12.6. The minimum atomic E-state index is -0.168. The van der Waals surface area contributed by atoms with Crippen molar-refractivity contribution < 1.29 is 9.90 Å². The van der Waals surface area contributed by atoms with E-state index in [2.05, 4.69) is 15.4 Å². The number of aromatic nitrogens is 3. The van der Waals surface area contributed by atoms with Gasteiger partial charge in [0.15, 0.2) is 5.65 Å². The van der Waals surface area contributed by atoms with Crippen LogP contribution in [-0.4, -0.2) is 38.3 Å². The maximum Gasteiger partial charge on any atom is 0.257 e. The van der Waals surface area contributed by atoms with Crippen LogP contribution in [0.1, 0.15) is 33.9 Å². The van der Waals surface area contributed by atoms with Gasteiger partial charge in [-0.3, -0.25) is 4.79 Å².